The van der Waals surface area contributed by atoms with Crippen molar-refractivity contribution in [1.82, 2.24) is 19.9 Å². The van der Waals surface area contributed by atoms with Crippen molar-refractivity contribution >= 4 is 33.3 Å². The number of hydrogen-bond donors (Lipinski definition) is 1. The molecule has 0 saturated carbocycles. The van der Waals surface area contributed by atoms with Gasteiger partial charge in [-0.3, -0.25) is 0 Å². The van der Waals surface area contributed by atoms with Gasteiger partial charge in [-0.05, 0) is 24.3 Å². The first kappa shape index (κ1) is 13.7. The Hall–Kier alpha value is -2.93. The van der Waals surface area contributed by atoms with Crippen LogP contribution in [0.5, 0.6) is 0 Å². The quantitative estimate of drug-likeness (QED) is 0.616. The number of anilines is 2. The Labute approximate surface area is 134 Å². The molecule has 0 aliphatic carbocycles. The molecule has 0 amide bonds. The Morgan fingerprint density at radius 1 is 1.04 bits per heavy atom. The van der Waals surface area contributed by atoms with Crippen molar-refractivity contribution in [2.75, 3.05) is 5.32 Å². The number of pyridine rings is 1. The van der Waals surface area contributed by atoms with Gasteiger partial charge in [0, 0.05) is 11.8 Å². The van der Waals surface area contributed by atoms with Crippen molar-refractivity contribution in [1.29, 1.82) is 0 Å². The van der Waals surface area contributed by atoms with Crippen LogP contribution in [0.4, 0.5) is 16.2 Å². The van der Waals surface area contributed by atoms with Gasteiger partial charge in [0.25, 0.3) is 0 Å². The zero-order valence-electron chi connectivity index (χ0n) is 11.8. The van der Waals surface area contributed by atoms with E-state index in [0.717, 1.165) is 16.4 Å². The van der Waals surface area contributed by atoms with Gasteiger partial charge >= 0.3 is 0 Å². The third kappa shape index (κ3) is 2.74. The molecule has 7 heteroatoms. The van der Waals surface area contributed by atoms with Crippen molar-refractivity contribution in [3.63, 3.8) is 0 Å². The number of nitrogens with one attached hydrogen (secondary N) is 1. The van der Waals surface area contributed by atoms with E-state index in [4.69, 9.17) is 0 Å². The molecular weight excluding hydrogens is 313 g/mol. The third-order valence-corrected chi connectivity index (χ3v) is 4.05. The molecule has 0 fully saturated rings. The van der Waals surface area contributed by atoms with Crippen molar-refractivity contribution in [3.05, 3.63) is 60.1 Å². The molecule has 112 valence electrons. The van der Waals surface area contributed by atoms with Gasteiger partial charge in [0.1, 0.15) is 11.5 Å². The molecule has 5 nitrogen and oxygen atoms in total. The van der Waals surface area contributed by atoms with Gasteiger partial charge in [0.2, 0.25) is 5.95 Å². The average molecular weight is 323 g/mol. The number of benzene rings is 1. The fourth-order valence-corrected chi connectivity index (χ4v) is 2.90. The molecule has 0 spiro atoms. The summed E-state index contributed by atoms with van der Waals surface area (Å²) in [5.74, 6) is 0.424. The molecule has 0 saturated heterocycles. The van der Waals surface area contributed by atoms with Crippen LogP contribution in [0.1, 0.15) is 0 Å². The van der Waals surface area contributed by atoms with Crippen molar-refractivity contribution < 1.29 is 4.39 Å². The largest absolute Gasteiger partial charge is 0.309 e. The Bertz CT molecular complexity index is 971. The van der Waals surface area contributed by atoms with E-state index in [2.05, 4.69) is 25.3 Å². The van der Waals surface area contributed by atoms with Crippen molar-refractivity contribution in [3.8, 4) is 11.3 Å². The van der Waals surface area contributed by atoms with Crippen LogP contribution in [0, 0.1) is 5.82 Å². The van der Waals surface area contributed by atoms with E-state index < -0.39 is 5.82 Å². The predicted molar refractivity (Wildman–Crippen MR) is 88.1 cm³/mol. The van der Waals surface area contributed by atoms with Gasteiger partial charge in [-0.1, -0.05) is 12.1 Å². The Morgan fingerprint density at radius 2 is 2.00 bits per heavy atom. The van der Waals surface area contributed by atoms with Crippen molar-refractivity contribution in [2.24, 2.45) is 0 Å². The summed E-state index contributed by atoms with van der Waals surface area (Å²) >= 11 is 1.51. The summed E-state index contributed by atoms with van der Waals surface area (Å²) < 4.78 is 15.1. The van der Waals surface area contributed by atoms with E-state index in [0.29, 0.717) is 17.3 Å². The second-order valence-electron chi connectivity index (χ2n) is 4.76. The molecule has 0 unspecified atom stereocenters. The summed E-state index contributed by atoms with van der Waals surface area (Å²) in [5, 5.41) is 2.96. The fourth-order valence-electron chi connectivity index (χ4n) is 2.18. The second kappa shape index (κ2) is 5.69. The molecule has 4 rings (SSSR count). The standard InChI is InChI=1S/C16H10FN5S/c17-11-8-19-16(21-14-3-1-2-6-18-14)22-15(11)10-4-5-12-13(7-10)23-9-20-12/h1-9H,(H,18,19,21,22). The molecule has 1 N–H and O–H groups in total. The average Bonchev–Trinajstić information content (AvgIpc) is 3.05. The molecule has 0 aliphatic heterocycles. The maximum absolute atomic E-state index is 14.1. The van der Waals surface area contributed by atoms with E-state index in [1.165, 1.54) is 11.3 Å². The van der Waals surface area contributed by atoms with Gasteiger partial charge in [-0.15, -0.1) is 11.3 Å². The van der Waals surface area contributed by atoms with Crippen LogP contribution >= 0.6 is 11.3 Å². The molecule has 0 atom stereocenters. The van der Waals surface area contributed by atoms with Crippen LogP contribution in [0.2, 0.25) is 0 Å². The summed E-state index contributed by atoms with van der Waals surface area (Å²) in [7, 11) is 0. The molecular formula is C16H10FN5S. The number of rotatable bonds is 3. The highest BCUT2D eigenvalue weighted by atomic mass is 32.1. The molecule has 0 radical (unpaired) electrons. The maximum Gasteiger partial charge on any atom is 0.229 e. The molecule has 4 aromatic rings. The molecule has 23 heavy (non-hydrogen) atoms. The van der Waals surface area contributed by atoms with E-state index in [1.54, 1.807) is 23.8 Å². The highest BCUT2D eigenvalue weighted by Crippen LogP contribution is 2.27. The topological polar surface area (TPSA) is 63.6 Å². The minimum Gasteiger partial charge on any atom is -0.309 e. The summed E-state index contributed by atoms with van der Waals surface area (Å²) in [6.45, 7) is 0. The molecule has 0 bridgehead atoms. The highest BCUT2D eigenvalue weighted by Gasteiger charge is 2.11. The van der Waals surface area contributed by atoms with Gasteiger partial charge in [0.05, 0.1) is 21.9 Å². The van der Waals surface area contributed by atoms with E-state index in [1.807, 2.05) is 24.3 Å². The number of nitrogens with zero attached hydrogens (tertiary/aromatic N) is 4. The zero-order valence-corrected chi connectivity index (χ0v) is 12.6. The number of aromatic nitrogens is 4. The van der Waals surface area contributed by atoms with Crippen LogP contribution in [0.25, 0.3) is 21.5 Å². The van der Waals surface area contributed by atoms with Crippen LogP contribution in [-0.4, -0.2) is 19.9 Å². The van der Waals surface area contributed by atoms with Crippen LogP contribution in [0.15, 0.2) is 54.3 Å². The van der Waals surface area contributed by atoms with Crippen LogP contribution in [0.3, 0.4) is 0 Å². The molecule has 3 aromatic heterocycles. The van der Waals surface area contributed by atoms with Crippen LogP contribution < -0.4 is 5.32 Å². The lowest BCUT2D eigenvalue weighted by atomic mass is 10.1. The summed E-state index contributed by atoms with van der Waals surface area (Å²) in [6.07, 6.45) is 2.81. The van der Waals surface area contributed by atoms with Crippen molar-refractivity contribution in [2.45, 2.75) is 0 Å². The van der Waals surface area contributed by atoms with Crippen LogP contribution in [-0.2, 0) is 0 Å². The Balaban J connectivity index is 1.74. The Morgan fingerprint density at radius 3 is 2.87 bits per heavy atom. The lowest BCUT2D eigenvalue weighted by molar-refractivity contribution is 0.619. The lowest BCUT2D eigenvalue weighted by Gasteiger charge is -2.07. The van der Waals surface area contributed by atoms with Gasteiger partial charge in [-0.2, -0.15) is 0 Å². The second-order valence-corrected chi connectivity index (χ2v) is 5.65. The maximum atomic E-state index is 14.1. The highest BCUT2D eigenvalue weighted by molar-refractivity contribution is 7.16. The number of hydrogen-bond acceptors (Lipinski definition) is 6. The number of halogens is 1. The number of thiazole rings is 1. The van der Waals surface area contributed by atoms with E-state index in [-0.39, 0.29) is 5.69 Å². The normalized spacial score (nSPS) is 10.8. The van der Waals surface area contributed by atoms with Gasteiger partial charge in [0.15, 0.2) is 5.82 Å². The summed E-state index contributed by atoms with van der Waals surface area (Å²) in [5.41, 5.74) is 3.58. The molecule has 1 aromatic carbocycles. The van der Waals surface area contributed by atoms with Gasteiger partial charge in [-0.25, -0.2) is 24.3 Å². The third-order valence-electron chi connectivity index (χ3n) is 3.25. The number of fused-ring (bicyclic) bond motifs is 1. The predicted octanol–water partition coefficient (Wildman–Crippen LogP) is 4.03. The van der Waals surface area contributed by atoms with E-state index >= 15 is 0 Å². The monoisotopic (exact) mass is 323 g/mol. The summed E-state index contributed by atoms with van der Waals surface area (Å²) in [4.78, 5) is 16.6. The summed E-state index contributed by atoms with van der Waals surface area (Å²) in [6, 6.07) is 11.0. The van der Waals surface area contributed by atoms with E-state index in [9.17, 15) is 4.39 Å². The minimum absolute atomic E-state index is 0.244. The minimum atomic E-state index is -0.472. The SMILES string of the molecule is Fc1cnc(Nc2ccccn2)nc1-c1ccc2ncsc2c1. The molecule has 3 heterocycles. The molecule has 0 aliphatic rings. The first-order valence-electron chi connectivity index (χ1n) is 6.84. The first-order chi connectivity index (χ1) is 11.3. The van der Waals surface area contributed by atoms with Gasteiger partial charge < -0.3 is 5.32 Å². The first-order valence-corrected chi connectivity index (χ1v) is 7.72. The lowest BCUT2D eigenvalue weighted by Crippen LogP contribution is -2.01. The smallest absolute Gasteiger partial charge is 0.229 e. The zero-order chi connectivity index (χ0) is 15.6. The fraction of sp³-hybridized carbons (Fsp3) is 0. The Kier molecular flexibility index (Phi) is 3.39.